The highest BCUT2D eigenvalue weighted by Gasteiger charge is 2.21. The third-order valence-electron chi connectivity index (χ3n) is 5.11. The molecule has 7 heteroatoms. The number of sulfonamides is 1. The minimum Gasteiger partial charge on any atom is -0.481 e. The van der Waals surface area contributed by atoms with Crippen LogP contribution in [0.5, 0.6) is 5.75 Å². The van der Waals surface area contributed by atoms with E-state index in [-0.39, 0.29) is 10.8 Å². The Morgan fingerprint density at radius 3 is 2.00 bits per heavy atom. The van der Waals surface area contributed by atoms with Gasteiger partial charge >= 0.3 is 0 Å². The van der Waals surface area contributed by atoms with Crippen molar-refractivity contribution in [2.75, 3.05) is 18.4 Å². The first-order valence-electron chi connectivity index (χ1n) is 10.6. The van der Waals surface area contributed by atoms with E-state index >= 15 is 0 Å². The van der Waals surface area contributed by atoms with Gasteiger partial charge in [0.2, 0.25) is 10.0 Å². The molecule has 3 rings (SSSR count). The summed E-state index contributed by atoms with van der Waals surface area (Å²) in [4.78, 5) is 12.7. The zero-order valence-electron chi connectivity index (χ0n) is 18.5. The molecule has 0 radical (unpaired) electrons. The Morgan fingerprint density at radius 1 is 0.875 bits per heavy atom. The van der Waals surface area contributed by atoms with Gasteiger partial charge in [-0.15, -0.1) is 0 Å². The highest BCUT2D eigenvalue weighted by atomic mass is 32.2. The zero-order chi connectivity index (χ0) is 23.1. The van der Waals surface area contributed by atoms with Gasteiger partial charge < -0.3 is 10.1 Å². The lowest BCUT2D eigenvalue weighted by molar-refractivity contribution is -0.122. The number of anilines is 1. The number of amides is 1. The number of carbonyl (C=O) groups is 1. The maximum atomic E-state index is 12.6. The first kappa shape index (κ1) is 23.5. The zero-order valence-corrected chi connectivity index (χ0v) is 19.3. The number of benzene rings is 3. The Morgan fingerprint density at radius 2 is 1.44 bits per heavy atom. The molecule has 0 saturated carbocycles. The first-order valence-corrected chi connectivity index (χ1v) is 12.0. The molecule has 1 N–H and O–H groups in total. The summed E-state index contributed by atoms with van der Waals surface area (Å²) in [5, 5.41) is 2.76. The molecule has 0 aliphatic heterocycles. The number of hydrogen-bond donors (Lipinski definition) is 1. The van der Waals surface area contributed by atoms with Gasteiger partial charge in [0.1, 0.15) is 5.75 Å². The van der Waals surface area contributed by atoms with Crippen LogP contribution >= 0.6 is 0 Å². The summed E-state index contributed by atoms with van der Waals surface area (Å²) in [6.07, 6.45) is -0.725. The lowest BCUT2D eigenvalue weighted by atomic mass is 10.1. The van der Waals surface area contributed by atoms with E-state index in [0.29, 0.717) is 24.5 Å². The van der Waals surface area contributed by atoms with Gasteiger partial charge in [0, 0.05) is 18.8 Å². The summed E-state index contributed by atoms with van der Waals surface area (Å²) in [5.74, 6) is 0.268. The molecule has 0 aliphatic carbocycles. The molecule has 1 unspecified atom stereocenters. The minimum absolute atomic E-state index is 0.196. The van der Waals surface area contributed by atoms with Crippen LogP contribution in [0.2, 0.25) is 0 Å². The molecule has 6 nitrogen and oxygen atoms in total. The summed E-state index contributed by atoms with van der Waals surface area (Å²) in [7, 11) is -3.53. The van der Waals surface area contributed by atoms with Crippen molar-refractivity contribution in [3.63, 3.8) is 0 Å². The van der Waals surface area contributed by atoms with E-state index in [1.807, 2.05) is 54.6 Å². The molecule has 0 aliphatic rings. The Balaban J connectivity index is 1.61. The van der Waals surface area contributed by atoms with Gasteiger partial charge in [-0.25, -0.2) is 8.42 Å². The summed E-state index contributed by atoms with van der Waals surface area (Å²) in [5.41, 5.74) is 2.68. The average molecular weight is 453 g/mol. The lowest BCUT2D eigenvalue weighted by Crippen LogP contribution is -2.31. The van der Waals surface area contributed by atoms with Crippen molar-refractivity contribution >= 4 is 21.6 Å². The maximum Gasteiger partial charge on any atom is 0.265 e. The van der Waals surface area contributed by atoms with Gasteiger partial charge in [-0.05, 0) is 54.4 Å². The van der Waals surface area contributed by atoms with E-state index in [2.05, 4.69) is 5.32 Å². The molecule has 3 aromatic carbocycles. The van der Waals surface area contributed by atoms with Crippen molar-refractivity contribution in [3.8, 4) is 16.9 Å². The molecule has 1 amide bonds. The van der Waals surface area contributed by atoms with Crippen LogP contribution in [0.4, 0.5) is 5.69 Å². The predicted octanol–water partition coefficient (Wildman–Crippen LogP) is 4.79. The van der Waals surface area contributed by atoms with Crippen molar-refractivity contribution in [1.29, 1.82) is 0 Å². The van der Waals surface area contributed by atoms with Crippen molar-refractivity contribution < 1.29 is 17.9 Å². The van der Waals surface area contributed by atoms with E-state index in [1.165, 1.54) is 16.4 Å². The van der Waals surface area contributed by atoms with Crippen LogP contribution in [-0.4, -0.2) is 37.8 Å². The van der Waals surface area contributed by atoms with Gasteiger partial charge in [-0.2, -0.15) is 4.31 Å². The van der Waals surface area contributed by atoms with E-state index < -0.39 is 16.1 Å². The second-order valence-corrected chi connectivity index (χ2v) is 9.19. The molecule has 0 bridgehead atoms. The Kier molecular flexibility index (Phi) is 7.66. The highest BCUT2D eigenvalue weighted by Crippen LogP contribution is 2.23. The number of carbonyl (C=O) groups excluding carboxylic acids is 1. The molecule has 0 heterocycles. The van der Waals surface area contributed by atoms with Gasteiger partial charge in [0.25, 0.3) is 5.91 Å². The second kappa shape index (κ2) is 10.4. The normalized spacial score (nSPS) is 12.4. The van der Waals surface area contributed by atoms with Crippen molar-refractivity contribution in [3.05, 3.63) is 78.9 Å². The monoisotopic (exact) mass is 452 g/mol. The van der Waals surface area contributed by atoms with Crippen LogP contribution in [0, 0.1) is 0 Å². The Hall–Kier alpha value is -3.16. The van der Waals surface area contributed by atoms with Crippen molar-refractivity contribution in [2.45, 2.75) is 31.8 Å². The van der Waals surface area contributed by atoms with E-state index in [4.69, 9.17) is 4.74 Å². The van der Waals surface area contributed by atoms with Crippen LogP contribution < -0.4 is 10.1 Å². The average Bonchev–Trinajstić information content (AvgIpc) is 2.81. The second-order valence-electron chi connectivity index (χ2n) is 7.25. The standard InChI is InChI=1S/C25H28N2O4S/c1-4-27(5-2)32(29,30)24-17-13-22(14-18-24)26-25(28)19(3)31-23-15-11-21(12-16-23)20-9-7-6-8-10-20/h6-19H,4-5H2,1-3H3,(H,26,28). The molecule has 1 atom stereocenters. The minimum atomic E-state index is -3.53. The summed E-state index contributed by atoms with van der Waals surface area (Å²) >= 11 is 0. The first-order chi connectivity index (χ1) is 15.3. The van der Waals surface area contributed by atoms with Crippen LogP contribution in [-0.2, 0) is 14.8 Å². The molecule has 32 heavy (non-hydrogen) atoms. The molecule has 0 spiro atoms. The van der Waals surface area contributed by atoms with Crippen molar-refractivity contribution in [1.82, 2.24) is 4.31 Å². The summed E-state index contributed by atoms with van der Waals surface area (Å²) < 4.78 is 32.3. The van der Waals surface area contributed by atoms with Crippen LogP contribution in [0.25, 0.3) is 11.1 Å². The fraction of sp³-hybridized carbons (Fsp3) is 0.240. The predicted molar refractivity (Wildman–Crippen MR) is 127 cm³/mol. The molecule has 0 saturated heterocycles. The topological polar surface area (TPSA) is 75.7 Å². The quantitative estimate of drug-likeness (QED) is 0.506. The Labute approximate surface area is 189 Å². The van der Waals surface area contributed by atoms with Gasteiger partial charge in [0.05, 0.1) is 4.90 Å². The lowest BCUT2D eigenvalue weighted by Gasteiger charge is -2.19. The fourth-order valence-electron chi connectivity index (χ4n) is 3.28. The number of ether oxygens (including phenoxy) is 1. The van der Waals surface area contributed by atoms with E-state index in [0.717, 1.165) is 11.1 Å². The van der Waals surface area contributed by atoms with Crippen LogP contribution in [0.15, 0.2) is 83.8 Å². The molecular weight excluding hydrogens is 424 g/mol. The largest absolute Gasteiger partial charge is 0.481 e. The number of nitrogens with zero attached hydrogens (tertiary/aromatic N) is 1. The molecular formula is C25H28N2O4S. The summed E-state index contributed by atoms with van der Waals surface area (Å²) in [6.45, 7) is 6.06. The Bertz CT molecular complexity index is 1120. The molecule has 0 fully saturated rings. The van der Waals surface area contributed by atoms with E-state index in [9.17, 15) is 13.2 Å². The third kappa shape index (κ3) is 5.55. The number of hydrogen-bond acceptors (Lipinski definition) is 4. The van der Waals surface area contributed by atoms with Gasteiger partial charge in [0.15, 0.2) is 6.10 Å². The maximum absolute atomic E-state index is 12.6. The van der Waals surface area contributed by atoms with Crippen LogP contribution in [0.1, 0.15) is 20.8 Å². The molecule has 0 aromatic heterocycles. The van der Waals surface area contributed by atoms with E-state index in [1.54, 1.807) is 32.9 Å². The fourth-order valence-corrected chi connectivity index (χ4v) is 4.74. The molecule has 3 aromatic rings. The van der Waals surface area contributed by atoms with Gasteiger partial charge in [-0.3, -0.25) is 4.79 Å². The van der Waals surface area contributed by atoms with Crippen LogP contribution in [0.3, 0.4) is 0 Å². The number of nitrogens with one attached hydrogen (secondary N) is 1. The van der Waals surface area contributed by atoms with Gasteiger partial charge in [-0.1, -0.05) is 56.3 Å². The summed E-state index contributed by atoms with van der Waals surface area (Å²) in [6, 6.07) is 23.7. The smallest absolute Gasteiger partial charge is 0.265 e. The van der Waals surface area contributed by atoms with Crippen molar-refractivity contribution in [2.24, 2.45) is 0 Å². The number of rotatable bonds is 9. The molecule has 168 valence electrons. The highest BCUT2D eigenvalue weighted by molar-refractivity contribution is 7.89. The third-order valence-corrected chi connectivity index (χ3v) is 7.17. The SMILES string of the molecule is CCN(CC)S(=O)(=O)c1ccc(NC(=O)C(C)Oc2ccc(-c3ccccc3)cc2)cc1.